The standard InChI is InChI=1S/C31H37N3O3/c1-34(2,3)13-10-18-6-8-23-21(14-18)22-16-31(36)25-15-20-7-9-24(35)28-26(20)30(31,29(37-28)27(22)32-23)11-12-33(25)17-19-4-5-19/h6-9,14,19,25,29,32,36H,4-5,10-13,15-17H2,1-3H3/p+1/t25-,29-,30-,31+/m0/s1. The zero-order valence-corrected chi connectivity index (χ0v) is 22.2. The van der Waals surface area contributed by atoms with Crippen LogP contribution in [0.1, 0.15) is 53.3 Å². The molecule has 6 heteroatoms. The smallest absolute Gasteiger partial charge is 0.166 e. The van der Waals surface area contributed by atoms with Crippen LogP contribution in [0.15, 0.2) is 30.3 Å². The maximum atomic E-state index is 13.0. The molecular weight excluding hydrogens is 462 g/mol. The van der Waals surface area contributed by atoms with Crippen molar-refractivity contribution in [2.45, 2.75) is 61.7 Å². The number of hydrogen-bond acceptors (Lipinski definition) is 4. The van der Waals surface area contributed by atoms with Gasteiger partial charge in [0.2, 0.25) is 0 Å². The fourth-order valence-corrected chi connectivity index (χ4v) is 8.29. The Kier molecular flexibility index (Phi) is 4.31. The number of phenols is 1. The van der Waals surface area contributed by atoms with E-state index >= 15 is 0 Å². The van der Waals surface area contributed by atoms with E-state index in [9.17, 15) is 10.2 Å². The number of nitrogens with zero attached hydrogens (tertiary/aromatic N) is 2. The molecule has 2 aliphatic heterocycles. The van der Waals surface area contributed by atoms with E-state index < -0.39 is 11.0 Å². The number of likely N-dealkylation sites (tertiary alicyclic amines) is 1. The third-order valence-corrected chi connectivity index (χ3v) is 10.3. The number of nitrogens with one attached hydrogen (secondary N) is 1. The van der Waals surface area contributed by atoms with Crippen molar-refractivity contribution in [2.75, 3.05) is 40.8 Å². The summed E-state index contributed by atoms with van der Waals surface area (Å²) >= 11 is 0. The Labute approximate surface area is 218 Å². The van der Waals surface area contributed by atoms with Gasteiger partial charge in [0.05, 0.1) is 44.4 Å². The normalized spacial score (nSPS) is 31.8. The Bertz CT molecular complexity index is 1450. The minimum absolute atomic E-state index is 0.0652. The summed E-state index contributed by atoms with van der Waals surface area (Å²) in [5.74, 6) is 1.58. The maximum absolute atomic E-state index is 13.0. The first kappa shape index (κ1) is 22.4. The van der Waals surface area contributed by atoms with Crippen molar-refractivity contribution in [1.29, 1.82) is 0 Å². The first-order valence-corrected chi connectivity index (χ1v) is 14.1. The molecule has 37 heavy (non-hydrogen) atoms. The molecule has 3 N–H and O–H groups in total. The van der Waals surface area contributed by atoms with E-state index in [0.29, 0.717) is 12.2 Å². The van der Waals surface area contributed by atoms with E-state index in [2.05, 4.69) is 55.3 Å². The molecule has 2 aromatic carbocycles. The molecular formula is C31H38N3O3+. The van der Waals surface area contributed by atoms with Gasteiger partial charge in [0.15, 0.2) is 17.6 Å². The van der Waals surface area contributed by atoms with Gasteiger partial charge in [-0.1, -0.05) is 12.1 Å². The topological polar surface area (TPSA) is 68.7 Å². The van der Waals surface area contributed by atoms with E-state index in [1.54, 1.807) is 6.07 Å². The third kappa shape index (κ3) is 2.92. The maximum Gasteiger partial charge on any atom is 0.166 e. The Balaban J connectivity index is 1.31. The number of rotatable bonds is 5. The van der Waals surface area contributed by atoms with Crippen LogP contribution in [0, 0.1) is 5.92 Å². The molecule has 2 fully saturated rings. The summed E-state index contributed by atoms with van der Waals surface area (Å²) in [7, 11) is 6.71. The summed E-state index contributed by atoms with van der Waals surface area (Å²) in [4.78, 5) is 6.34. The Morgan fingerprint density at radius 2 is 2.00 bits per heavy atom. The predicted octanol–water partition coefficient (Wildman–Crippen LogP) is 3.82. The zero-order valence-electron chi connectivity index (χ0n) is 22.2. The average molecular weight is 501 g/mol. The average Bonchev–Trinajstić information content (AvgIpc) is 3.49. The van der Waals surface area contributed by atoms with E-state index in [1.807, 2.05) is 0 Å². The molecule has 3 aromatic rings. The molecule has 6 nitrogen and oxygen atoms in total. The number of H-pyrrole nitrogens is 1. The number of aliphatic hydroxyl groups is 1. The van der Waals surface area contributed by atoms with Crippen LogP contribution in [-0.2, 0) is 24.7 Å². The van der Waals surface area contributed by atoms with Gasteiger partial charge >= 0.3 is 0 Å². The highest BCUT2D eigenvalue weighted by atomic mass is 16.5. The molecule has 2 bridgehead atoms. The van der Waals surface area contributed by atoms with Gasteiger partial charge in [-0.25, -0.2) is 0 Å². The second kappa shape index (κ2) is 7.10. The van der Waals surface area contributed by atoms with Gasteiger partial charge < -0.3 is 24.4 Å². The number of piperidine rings is 1. The van der Waals surface area contributed by atoms with E-state index in [0.717, 1.165) is 66.1 Å². The van der Waals surface area contributed by atoms with Crippen LogP contribution in [0.2, 0.25) is 0 Å². The SMILES string of the molecule is C[N+](C)(C)CCc1ccc2[nH]c3c(c2c1)C[C@@]1(O)[C@@H]2Cc4ccc(O)c5c4[C@@]1(CCN2CC1CC1)[C@H]3O5. The van der Waals surface area contributed by atoms with Crippen molar-refractivity contribution in [3.05, 3.63) is 58.3 Å². The number of likely N-dealkylation sites (N-methyl/N-ethyl adjacent to an activating group) is 1. The number of ether oxygens (including phenoxy) is 1. The van der Waals surface area contributed by atoms with Crippen LogP contribution in [0.3, 0.4) is 0 Å². The molecule has 5 aliphatic rings. The van der Waals surface area contributed by atoms with Crippen LogP contribution >= 0.6 is 0 Å². The fourth-order valence-electron chi connectivity index (χ4n) is 8.29. The number of hydrogen-bond donors (Lipinski definition) is 3. The van der Waals surface area contributed by atoms with Gasteiger partial charge in [0.1, 0.15) is 0 Å². The molecule has 1 saturated heterocycles. The number of benzene rings is 2. The molecule has 0 unspecified atom stereocenters. The van der Waals surface area contributed by atoms with Crippen LogP contribution in [0.25, 0.3) is 10.9 Å². The summed E-state index contributed by atoms with van der Waals surface area (Å²) in [6, 6.07) is 10.7. The number of quaternary nitrogens is 1. The lowest BCUT2D eigenvalue weighted by Crippen LogP contribution is -2.74. The van der Waals surface area contributed by atoms with Crippen molar-refractivity contribution in [1.82, 2.24) is 9.88 Å². The van der Waals surface area contributed by atoms with Crippen molar-refractivity contribution in [3.63, 3.8) is 0 Å². The molecule has 3 heterocycles. The van der Waals surface area contributed by atoms with Gasteiger partial charge in [-0.05, 0) is 73.0 Å². The summed E-state index contributed by atoms with van der Waals surface area (Å²) in [6.07, 6.45) is 5.64. The van der Waals surface area contributed by atoms with E-state index in [4.69, 9.17) is 4.74 Å². The highest BCUT2D eigenvalue weighted by Crippen LogP contribution is 2.69. The van der Waals surface area contributed by atoms with Gasteiger partial charge in [-0.3, -0.25) is 4.90 Å². The fraction of sp³-hybridized carbons (Fsp3) is 0.548. The summed E-state index contributed by atoms with van der Waals surface area (Å²) in [5, 5.41) is 25.1. The molecule has 194 valence electrons. The molecule has 4 atom stereocenters. The number of fused-ring (bicyclic) bond motifs is 4. The highest BCUT2D eigenvalue weighted by molar-refractivity contribution is 5.87. The quantitative estimate of drug-likeness (QED) is 0.466. The minimum Gasteiger partial charge on any atom is -0.504 e. The van der Waals surface area contributed by atoms with Crippen molar-refractivity contribution in [3.8, 4) is 11.5 Å². The van der Waals surface area contributed by atoms with Gasteiger partial charge in [-0.15, -0.1) is 0 Å². The molecule has 0 radical (unpaired) electrons. The number of aromatic amines is 1. The lowest BCUT2D eigenvalue weighted by Gasteiger charge is -2.62. The van der Waals surface area contributed by atoms with Crippen molar-refractivity contribution in [2.24, 2.45) is 5.92 Å². The number of aromatic hydroxyl groups is 1. The monoisotopic (exact) mass is 500 g/mol. The van der Waals surface area contributed by atoms with Crippen molar-refractivity contribution < 1.29 is 19.4 Å². The highest BCUT2D eigenvalue weighted by Gasteiger charge is 2.72. The third-order valence-electron chi connectivity index (χ3n) is 10.3. The lowest BCUT2D eigenvalue weighted by atomic mass is 9.49. The van der Waals surface area contributed by atoms with Gasteiger partial charge in [0.25, 0.3) is 0 Å². The molecule has 1 spiro atoms. The summed E-state index contributed by atoms with van der Waals surface area (Å²) in [5.41, 5.74) is 5.62. The predicted molar refractivity (Wildman–Crippen MR) is 143 cm³/mol. The Morgan fingerprint density at radius 1 is 1.16 bits per heavy atom. The van der Waals surface area contributed by atoms with Gasteiger partial charge in [0, 0.05) is 41.9 Å². The zero-order chi connectivity index (χ0) is 25.3. The molecule has 1 aromatic heterocycles. The van der Waals surface area contributed by atoms with E-state index in [1.165, 1.54) is 34.9 Å². The van der Waals surface area contributed by atoms with Gasteiger partial charge in [-0.2, -0.15) is 0 Å². The first-order valence-electron chi connectivity index (χ1n) is 14.1. The van der Waals surface area contributed by atoms with Crippen LogP contribution in [0.5, 0.6) is 11.5 Å². The second-order valence-corrected chi connectivity index (χ2v) is 13.6. The second-order valence-electron chi connectivity index (χ2n) is 13.6. The molecule has 0 amide bonds. The molecule has 8 rings (SSSR count). The van der Waals surface area contributed by atoms with E-state index in [-0.39, 0.29) is 17.9 Å². The van der Waals surface area contributed by atoms with Crippen molar-refractivity contribution >= 4 is 10.9 Å². The molecule has 1 saturated carbocycles. The number of aromatic nitrogens is 1. The summed E-state index contributed by atoms with van der Waals surface area (Å²) in [6.45, 7) is 3.14. The first-order chi connectivity index (χ1) is 17.7. The van der Waals surface area contributed by atoms with Crippen LogP contribution < -0.4 is 4.74 Å². The Hall–Kier alpha value is -2.54. The van der Waals surface area contributed by atoms with Crippen LogP contribution in [-0.4, -0.2) is 77.0 Å². The lowest BCUT2D eigenvalue weighted by molar-refractivity contribution is -0.870. The van der Waals surface area contributed by atoms with Crippen LogP contribution in [0.4, 0.5) is 0 Å². The number of phenolic OH excluding ortho intramolecular Hbond substituents is 1. The largest absolute Gasteiger partial charge is 0.504 e. The molecule has 3 aliphatic carbocycles. The summed E-state index contributed by atoms with van der Waals surface area (Å²) < 4.78 is 7.65. The minimum atomic E-state index is -0.933. The Morgan fingerprint density at radius 3 is 2.78 bits per heavy atom.